The Morgan fingerprint density at radius 1 is 1.27 bits per heavy atom. The summed E-state index contributed by atoms with van der Waals surface area (Å²) in [7, 11) is 1.66. The monoisotopic (exact) mass is 423 g/mol. The summed E-state index contributed by atoms with van der Waals surface area (Å²) in [6.07, 6.45) is 6.01. The van der Waals surface area contributed by atoms with Crippen molar-refractivity contribution in [1.82, 2.24) is 19.7 Å². The van der Waals surface area contributed by atoms with Crippen LogP contribution >= 0.6 is 11.5 Å². The van der Waals surface area contributed by atoms with E-state index < -0.39 is 0 Å². The van der Waals surface area contributed by atoms with E-state index in [-0.39, 0.29) is 11.8 Å². The van der Waals surface area contributed by atoms with Crippen LogP contribution in [0.3, 0.4) is 0 Å². The molecule has 7 nitrogen and oxygen atoms in total. The summed E-state index contributed by atoms with van der Waals surface area (Å²) in [4.78, 5) is 23.6. The summed E-state index contributed by atoms with van der Waals surface area (Å²) < 4.78 is 9.82. The van der Waals surface area contributed by atoms with Crippen molar-refractivity contribution < 1.29 is 9.53 Å². The third kappa shape index (κ3) is 5.13. The lowest BCUT2D eigenvalue weighted by molar-refractivity contribution is -0.125. The molecule has 1 aromatic carbocycles. The molecule has 1 fully saturated rings. The predicted octanol–water partition coefficient (Wildman–Crippen LogP) is 3.07. The van der Waals surface area contributed by atoms with E-state index in [0.29, 0.717) is 19.5 Å². The lowest BCUT2D eigenvalue weighted by Gasteiger charge is -2.31. The average molecular weight is 424 g/mol. The standard InChI is InChI=1S/C22H25N5O2S/c1-29-19-6-2-4-17(12-19)13-20-25-22(30-26-20)27-11-3-5-18(15-27)21(28)24-14-16-7-9-23-10-8-16/h2,4,6-10,12,18H,3,5,11,13-15H2,1H3,(H,24,28). The fourth-order valence-electron chi connectivity index (χ4n) is 3.61. The Morgan fingerprint density at radius 3 is 2.97 bits per heavy atom. The summed E-state index contributed by atoms with van der Waals surface area (Å²) in [6.45, 7) is 2.11. The molecular formula is C22H25N5O2S. The summed E-state index contributed by atoms with van der Waals surface area (Å²) in [6, 6.07) is 11.8. The third-order valence-corrected chi connectivity index (χ3v) is 6.05. The van der Waals surface area contributed by atoms with Crippen LogP contribution in [-0.2, 0) is 17.8 Å². The summed E-state index contributed by atoms with van der Waals surface area (Å²) in [5.74, 6) is 1.69. The molecule has 1 N–H and O–H groups in total. The Hall–Kier alpha value is -3.00. The largest absolute Gasteiger partial charge is 0.497 e. The van der Waals surface area contributed by atoms with Crippen LogP contribution in [0.2, 0.25) is 0 Å². The van der Waals surface area contributed by atoms with Gasteiger partial charge in [0, 0.05) is 50.0 Å². The van der Waals surface area contributed by atoms with Crippen molar-refractivity contribution in [3.63, 3.8) is 0 Å². The van der Waals surface area contributed by atoms with Gasteiger partial charge in [0.1, 0.15) is 11.6 Å². The number of aromatic nitrogens is 3. The van der Waals surface area contributed by atoms with Crippen molar-refractivity contribution in [2.75, 3.05) is 25.1 Å². The highest BCUT2D eigenvalue weighted by molar-refractivity contribution is 7.09. The number of carbonyl (C=O) groups is 1. The van der Waals surface area contributed by atoms with E-state index in [2.05, 4.69) is 19.6 Å². The van der Waals surface area contributed by atoms with Gasteiger partial charge in [-0.25, -0.2) is 4.98 Å². The number of ether oxygens (including phenoxy) is 1. The molecule has 30 heavy (non-hydrogen) atoms. The average Bonchev–Trinajstić information content (AvgIpc) is 3.27. The number of rotatable bonds is 7. The van der Waals surface area contributed by atoms with E-state index >= 15 is 0 Å². The lowest BCUT2D eigenvalue weighted by Crippen LogP contribution is -2.43. The Kier molecular flexibility index (Phi) is 6.53. The lowest BCUT2D eigenvalue weighted by atomic mass is 9.97. The van der Waals surface area contributed by atoms with Crippen molar-refractivity contribution >= 4 is 22.6 Å². The predicted molar refractivity (Wildman–Crippen MR) is 117 cm³/mol. The first-order valence-corrected chi connectivity index (χ1v) is 10.9. The van der Waals surface area contributed by atoms with E-state index in [1.54, 1.807) is 19.5 Å². The molecule has 0 radical (unpaired) electrons. The van der Waals surface area contributed by atoms with Crippen LogP contribution in [0.4, 0.5) is 5.13 Å². The molecule has 1 aliphatic rings. The first-order valence-electron chi connectivity index (χ1n) is 10.1. The molecule has 0 aliphatic carbocycles. The van der Waals surface area contributed by atoms with Gasteiger partial charge in [-0.15, -0.1) is 0 Å². The summed E-state index contributed by atoms with van der Waals surface area (Å²) in [5.41, 5.74) is 2.17. The molecule has 0 saturated carbocycles. The molecule has 0 spiro atoms. The van der Waals surface area contributed by atoms with Gasteiger partial charge < -0.3 is 15.0 Å². The molecule has 2 aromatic heterocycles. The van der Waals surface area contributed by atoms with Gasteiger partial charge in [-0.05, 0) is 48.2 Å². The Balaban J connectivity index is 1.34. The van der Waals surface area contributed by atoms with Crippen molar-refractivity contribution in [1.29, 1.82) is 0 Å². The molecule has 1 amide bonds. The zero-order valence-corrected chi connectivity index (χ0v) is 17.8. The van der Waals surface area contributed by atoms with E-state index in [0.717, 1.165) is 47.2 Å². The highest BCUT2D eigenvalue weighted by Crippen LogP contribution is 2.26. The van der Waals surface area contributed by atoms with Gasteiger partial charge in [-0.3, -0.25) is 9.78 Å². The van der Waals surface area contributed by atoms with Crippen LogP contribution < -0.4 is 15.0 Å². The third-order valence-electron chi connectivity index (χ3n) is 5.23. The molecule has 1 unspecified atom stereocenters. The van der Waals surface area contributed by atoms with Crippen molar-refractivity contribution in [3.8, 4) is 5.75 Å². The second kappa shape index (κ2) is 9.67. The first-order chi connectivity index (χ1) is 14.7. The maximum Gasteiger partial charge on any atom is 0.225 e. The van der Waals surface area contributed by atoms with Crippen LogP contribution in [0.5, 0.6) is 5.75 Å². The van der Waals surface area contributed by atoms with E-state index in [1.807, 2.05) is 36.4 Å². The number of methoxy groups -OCH3 is 1. The molecule has 3 aromatic rings. The zero-order chi connectivity index (χ0) is 20.8. The Bertz CT molecular complexity index is 978. The van der Waals surface area contributed by atoms with Crippen LogP contribution in [0.25, 0.3) is 0 Å². The van der Waals surface area contributed by atoms with Crippen LogP contribution in [0, 0.1) is 5.92 Å². The molecule has 8 heteroatoms. The van der Waals surface area contributed by atoms with Gasteiger partial charge in [0.05, 0.1) is 13.0 Å². The Morgan fingerprint density at radius 2 is 2.13 bits per heavy atom. The molecule has 1 atom stereocenters. The highest BCUT2D eigenvalue weighted by atomic mass is 32.1. The van der Waals surface area contributed by atoms with Crippen LogP contribution in [0.1, 0.15) is 29.8 Å². The minimum Gasteiger partial charge on any atom is -0.497 e. The number of hydrogen-bond acceptors (Lipinski definition) is 7. The first kappa shape index (κ1) is 20.3. The van der Waals surface area contributed by atoms with Crippen LogP contribution in [-0.4, -0.2) is 40.4 Å². The van der Waals surface area contributed by atoms with Crippen molar-refractivity contribution in [2.45, 2.75) is 25.8 Å². The molecule has 156 valence electrons. The van der Waals surface area contributed by atoms with E-state index in [1.165, 1.54) is 11.5 Å². The maximum atomic E-state index is 12.7. The topological polar surface area (TPSA) is 80.2 Å². The molecule has 3 heterocycles. The SMILES string of the molecule is COc1cccc(Cc2nsc(N3CCCC(C(=O)NCc4ccncc4)C3)n2)c1. The van der Waals surface area contributed by atoms with Crippen molar-refractivity contribution in [2.24, 2.45) is 5.92 Å². The highest BCUT2D eigenvalue weighted by Gasteiger charge is 2.27. The second-order valence-electron chi connectivity index (χ2n) is 7.38. The molecular weight excluding hydrogens is 398 g/mol. The minimum absolute atomic E-state index is 0.0358. The molecule has 4 rings (SSSR count). The molecule has 0 bridgehead atoms. The second-order valence-corrected chi connectivity index (χ2v) is 8.11. The number of pyridine rings is 1. The van der Waals surface area contributed by atoms with Gasteiger partial charge in [0.15, 0.2) is 0 Å². The van der Waals surface area contributed by atoms with Gasteiger partial charge in [0.25, 0.3) is 0 Å². The van der Waals surface area contributed by atoms with Gasteiger partial charge >= 0.3 is 0 Å². The van der Waals surface area contributed by atoms with Crippen molar-refractivity contribution in [3.05, 3.63) is 65.7 Å². The van der Waals surface area contributed by atoms with Gasteiger partial charge in [-0.1, -0.05) is 12.1 Å². The number of carbonyl (C=O) groups excluding carboxylic acids is 1. The van der Waals surface area contributed by atoms with Gasteiger partial charge in [0.2, 0.25) is 11.0 Å². The zero-order valence-electron chi connectivity index (χ0n) is 17.0. The number of nitrogens with zero attached hydrogens (tertiary/aromatic N) is 4. The minimum atomic E-state index is -0.0358. The quantitative estimate of drug-likeness (QED) is 0.629. The molecule has 1 aliphatic heterocycles. The maximum absolute atomic E-state index is 12.7. The number of amides is 1. The fourth-order valence-corrected chi connectivity index (χ4v) is 4.33. The van der Waals surface area contributed by atoms with Crippen LogP contribution in [0.15, 0.2) is 48.8 Å². The van der Waals surface area contributed by atoms with E-state index in [4.69, 9.17) is 9.72 Å². The van der Waals surface area contributed by atoms with Gasteiger partial charge in [-0.2, -0.15) is 4.37 Å². The number of anilines is 1. The number of hydrogen-bond donors (Lipinski definition) is 1. The summed E-state index contributed by atoms with van der Waals surface area (Å²) >= 11 is 1.40. The fraction of sp³-hybridized carbons (Fsp3) is 0.364. The molecule has 1 saturated heterocycles. The Labute approximate surface area is 180 Å². The normalized spacial score (nSPS) is 16.3. The number of benzene rings is 1. The summed E-state index contributed by atoms with van der Waals surface area (Å²) in [5, 5.41) is 3.94. The number of piperidine rings is 1. The smallest absolute Gasteiger partial charge is 0.225 e. The van der Waals surface area contributed by atoms with E-state index in [9.17, 15) is 4.79 Å². The number of nitrogens with one attached hydrogen (secondary N) is 1.